The quantitative estimate of drug-likeness (QED) is 0.871. The van der Waals surface area contributed by atoms with Crippen LogP contribution in [0.2, 0.25) is 0 Å². The molecule has 2 atom stereocenters. The van der Waals surface area contributed by atoms with E-state index in [9.17, 15) is 5.11 Å². The summed E-state index contributed by atoms with van der Waals surface area (Å²) in [6.45, 7) is 3.69. The molecule has 2 unspecified atom stereocenters. The van der Waals surface area contributed by atoms with Crippen LogP contribution in [0.15, 0.2) is 18.8 Å². The molecule has 0 saturated heterocycles. The molecule has 0 radical (unpaired) electrons. The van der Waals surface area contributed by atoms with Gasteiger partial charge in [0.15, 0.2) is 0 Å². The number of aliphatic hydroxyl groups excluding tert-OH is 1. The van der Waals surface area contributed by atoms with Crippen LogP contribution in [0.1, 0.15) is 32.4 Å². The number of rotatable bonds is 3. The Labute approximate surface area is 103 Å². The molecule has 1 aliphatic rings. The Morgan fingerprint density at radius 1 is 1.53 bits per heavy atom. The van der Waals surface area contributed by atoms with E-state index < -0.39 is 0 Å². The predicted molar refractivity (Wildman–Crippen MR) is 70.9 cm³/mol. The zero-order valence-electron chi connectivity index (χ0n) is 9.50. The topological polar surface area (TPSA) is 49.2 Å². The van der Waals surface area contributed by atoms with Crippen LogP contribution >= 0.6 is 0 Å². The van der Waals surface area contributed by atoms with Crippen LogP contribution in [0.25, 0.3) is 6.08 Å². The lowest BCUT2D eigenvalue weighted by Gasteiger charge is -2.24. The van der Waals surface area contributed by atoms with Gasteiger partial charge in [0, 0.05) is 19.3 Å². The van der Waals surface area contributed by atoms with Gasteiger partial charge < -0.3 is 10.0 Å². The maximum atomic E-state index is 9.51. The smallest absolute Gasteiger partial charge is 0.225 e. The van der Waals surface area contributed by atoms with E-state index in [1.807, 2.05) is 18.0 Å². The Morgan fingerprint density at radius 3 is 2.88 bits per heavy atom. The lowest BCUT2D eigenvalue weighted by atomic mass is 10.2. The Kier molecular flexibility index (Phi) is 4.63. The van der Waals surface area contributed by atoms with Gasteiger partial charge in [0.25, 0.3) is 0 Å². The van der Waals surface area contributed by atoms with Gasteiger partial charge in [-0.2, -0.15) is 0 Å². The molecule has 0 aliphatic heterocycles. The van der Waals surface area contributed by atoms with E-state index in [2.05, 4.69) is 16.5 Å². The van der Waals surface area contributed by atoms with Gasteiger partial charge in [-0.1, -0.05) is 14.0 Å². The maximum Gasteiger partial charge on any atom is 0.225 e. The van der Waals surface area contributed by atoms with Crippen molar-refractivity contribution in [2.24, 2.45) is 0 Å². The molecule has 1 fully saturated rings. The van der Waals surface area contributed by atoms with Gasteiger partial charge in [-0.25, -0.2) is 9.97 Å². The van der Waals surface area contributed by atoms with Gasteiger partial charge in [0.05, 0.1) is 11.8 Å². The summed E-state index contributed by atoms with van der Waals surface area (Å²) in [5.41, 5.74) is 0.829. The molecule has 0 aromatic carbocycles. The first kappa shape index (κ1) is 13.6. The zero-order valence-corrected chi connectivity index (χ0v) is 9.50. The standard InChI is InChI=1S/C12H17N3O.CH4/c1-3-9-6-7-13-12(14-9)15(2)10-4-5-11(16)8-10;/h3,6-7,10-11,16H,1,4-5,8H2,2H3;1H4. The first-order chi connectivity index (χ1) is 7.70. The van der Waals surface area contributed by atoms with Crippen molar-refractivity contribution in [2.75, 3.05) is 11.9 Å². The van der Waals surface area contributed by atoms with Gasteiger partial charge in [0.2, 0.25) is 5.95 Å². The van der Waals surface area contributed by atoms with Gasteiger partial charge in [-0.15, -0.1) is 0 Å². The fourth-order valence-corrected chi connectivity index (χ4v) is 2.10. The van der Waals surface area contributed by atoms with Crippen molar-refractivity contribution in [1.82, 2.24) is 9.97 Å². The third-order valence-electron chi connectivity index (χ3n) is 3.11. The number of nitrogens with zero attached hydrogens (tertiary/aromatic N) is 3. The number of hydrogen-bond acceptors (Lipinski definition) is 4. The third kappa shape index (κ3) is 3.03. The van der Waals surface area contributed by atoms with Crippen LogP contribution in [0.3, 0.4) is 0 Å². The van der Waals surface area contributed by atoms with Crippen LogP contribution in [-0.2, 0) is 0 Å². The fraction of sp³-hybridized carbons (Fsp3) is 0.538. The minimum atomic E-state index is -0.171. The monoisotopic (exact) mass is 235 g/mol. The fourth-order valence-electron chi connectivity index (χ4n) is 2.10. The van der Waals surface area contributed by atoms with E-state index in [0.29, 0.717) is 12.0 Å². The Bertz CT molecular complexity index is 381. The number of aromatic nitrogens is 2. The van der Waals surface area contributed by atoms with Crippen molar-refractivity contribution in [3.8, 4) is 0 Å². The molecule has 1 aliphatic carbocycles. The summed E-state index contributed by atoms with van der Waals surface area (Å²) in [5.74, 6) is 0.705. The first-order valence-electron chi connectivity index (χ1n) is 5.57. The Morgan fingerprint density at radius 2 is 2.29 bits per heavy atom. The predicted octanol–water partition coefficient (Wildman–Crippen LogP) is 2.11. The van der Waals surface area contributed by atoms with Gasteiger partial charge >= 0.3 is 0 Å². The van der Waals surface area contributed by atoms with Crippen molar-refractivity contribution >= 4 is 12.0 Å². The molecule has 17 heavy (non-hydrogen) atoms. The molecule has 94 valence electrons. The summed E-state index contributed by atoms with van der Waals surface area (Å²) >= 11 is 0. The highest BCUT2D eigenvalue weighted by atomic mass is 16.3. The summed E-state index contributed by atoms with van der Waals surface area (Å²) in [5, 5.41) is 9.51. The molecule has 1 heterocycles. The third-order valence-corrected chi connectivity index (χ3v) is 3.11. The highest BCUT2D eigenvalue weighted by Crippen LogP contribution is 2.25. The van der Waals surface area contributed by atoms with E-state index in [-0.39, 0.29) is 13.5 Å². The summed E-state index contributed by atoms with van der Waals surface area (Å²) in [6, 6.07) is 2.17. The lowest BCUT2D eigenvalue weighted by Crippen LogP contribution is -2.31. The molecule has 4 heteroatoms. The lowest BCUT2D eigenvalue weighted by molar-refractivity contribution is 0.181. The van der Waals surface area contributed by atoms with Crippen molar-refractivity contribution in [1.29, 1.82) is 0 Å². The first-order valence-corrected chi connectivity index (χ1v) is 5.57. The molecule has 1 N–H and O–H groups in total. The summed E-state index contributed by atoms with van der Waals surface area (Å²) in [7, 11) is 1.98. The largest absolute Gasteiger partial charge is 0.393 e. The second kappa shape index (κ2) is 5.77. The van der Waals surface area contributed by atoms with E-state index in [1.165, 1.54) is 0 Å². The van der Waals surface area contributed by atoms with Crippen molar-refractivity contribution < 1.29 is 5.11 Å². The molecule has 0 amide bonds. The average Bonchev–Trinajstić information content (AvgIpc) is 2.75. The second-order valence-corrected chi connectivity index (χ2v) is 4.22. The summed E-state index contributed by atoms with van der Waals surface area (Å²) < 4.78 is 0. The van der Waals surface area contributed by atoms with Gasteiger partial charge in [-0.3, -0.25) is 0 Å². The van der Waals surface area contributed by atoms with Crippen molar-refractivity contribution in [2.45, 2.75) is 38.8 Å². The SMILES string of the molecule is C.C=Cc1ccnc(N(C)C2CCC(O)C2)n1. The van der Waals surface area contributed by atoms with Crippen LogP contribution in [0.5, 0.6) is 0 Å². The molecule has 1 aromatic rings. The van der Waals surface area contributed by atoms with E-state index in [4.69, 9.17) is 0 Å². The van der Waals surface area contributed by atoms with E-state index in [1.54, 1.807) is 12.3 Å². The Balaban J connectivity index is 0.00000144. The van der Waals surface area contributed by atoms with Crippen LogP contribution in [-0.4, -0.2) is 34.3 Å². The minimum Gasteiger partial charge on any atom is -0.393 e. The van der Waals surface area contributed by atoms with Crippen LogP contribution in [0.4, 0.5) is 5.95 Å². The summed E-state index contributed by atoms with van der Waals surface area (Å²) in [4.78, 5) is 10.7. The molecular formula is C13H21N3O. The molecular weight excluding hydrogens is 214 g/mol. The molecule has 4 nitrogen and oxygen atoms in total. The van der Waals surface area contributed by atoms with E-state index >= 15 is 0 Å². The highest BCUT2D eigenvalue weighted by molar-refractivity contribution is 5.44. The molecule has 2 rings (SSSR count). The second-order valence-electron chi connectivity index (χ2n) is 4.22. The minimum absolute atomic E-state index is 0. The number of aliphatic hydroxyl groups is 1. The molecule has 0 bridgehead atoms. The molecule has 0 spiro atoms. The number of anilines is 1. The molecule has 1 saturated carbocycles. The summed E-state index contributed by atoms with van der Waals surface area (Å²) in [6.07, 6.45) is 5.95. The zero-order chi connectivity index (χ0) is 11.5. The van der Waals surface area contributed by atoms with Crippen molar-refractivity contribution in [3.63, 3.8) is 0 Å². The van der Waals surface area contributed by atoms with E-state index in [0.717, 1.165) is 25.0 Å². The van der Waals surface area contributed by atoms with Gasteiger partial charge in [0.1, 0.15) is 0 Å². The molecule has 1 aromatic heterocycles. The average molecular weight is 235 g/mol. The number of hydrogen-bond donors (Lipinski definition) is 1. The maximum absolute atomic E-state index is 9.51. The Hall–Kier alpha value is -1.42. The van der Waals surface area contributed by atoms with Gasteiger partial charge in [-0.05, 0) is 31.4 Å². The normalized spacial score (nSPS) is 22.9. The van der Waals surface area contributed by atoms with Crippen LogP contribution in [0, 0.1) is 0 Å². The highest BCUT2D eigenvalue weighted by Gasteiger charge is 2.27. The van der Waals surface area contributed by atoms with Crippen molar-refractivity contribution in [3.05, 3.63) is 24.5 Å². The van der Waals surface area contributed by atoms with Crippen LogP contribution < -0.4 is 4.90 Å².